The molecule has 0 aliphatic heterocycles. The number of fused-ring (bicyclic) bond motifs is 1. The molecule has 148 valence electrons. The van der Waals surface area contributed by atoms with Crippen LogP contribution in [0.15, 0.2) is 22.9 Å². The van der Waals surface area contributed by atoms with Crippen molar-refractivity contribution in [3.8, 4) is 0 Å². The lowest BCUT2D eigenvalue weighted by atomic mass is 10.0. The summed E-state index contributed by atoms with van der Waals surface area (Å²) >= 11 is 3.40. The van der Waals surface area contributed by atoms with Gasteiger partial charge in [-0.25, -0.2) is 0 Å². The maximum atomic E-state index is 12.1. The van der Waals surface area contributed by atoms with E-state index in [0.29, 0.717) is 35.6 Å². The number of aliphatic hydroxyl groups is 1. The number of ether oxygens (including phenoxy) is 1. The third-order valence-corrected chi connectivity index (χ3v) is 4.95. The first kappa shape index (κ1) is 21.8. The van der Waals surface area contributed by atoms with Crippen molar-refractivity contribution in [2.75, 3.05) is 30.4 Å². The van der Waals surface area contributed by atoms with Gasteiger partial charge in [0.1, 0.15) is 12.1 Å². The summed E-state index contributed by atoms with van der Waals surface area (Å²) in [6, 6.07) is 1.86. The monoisotopic (exact) mass is 458 g/mol. The van der Waals surface area contributed by atoms with Crippen LogP contribution < -0.4 is 10.6 Å². The van der Waals surface area contributed by atoms with Crippen LogP contribution in [0, 0.1) is 0 Å². The standard InChI is InChI=1S/C18H23BrN4O3.ClH/c1-2-26-10-15(24)23-14-9-20-13-7-12(19)8-21-16(13)17(14)22-11-18(25)5-3-4-6-18;/h7-9,25H,2-6,10-11H2,1H3,(H,20,22)(H,23,24);1H. The Bertz CT molecular complexity index is 800. The van der Waals surface area contributed by atoms with E-state index >= 15 is 0 Å². The van der Waals surface area contributed by atoms with E-state index in [1.165, 1.54) is 0 Å². The van der Waals surface area contributed by atoms with Gasteiger partial charge in [-0.1, -0.05) is 12.8 Å². The minimum atomic E-state index is -0.725. The summed E-state index contributed by atoms with van der Waals surface area (Å²) in [5.74, 6) is -0.257. The molecule has 0 spiro atoms. The summed E-state index contributed by atoms with van der Waals surface area (Å²) in [6.07, 6.45) is 6.88. The summed E-state index contributed by atoms with van der Waals surface area (Å²) in [4.78, 5) is 20.9. The Morgan fingerprint density at radius 1 is 1.33 bits per heavy atom. The van der Waals surface area contributed by atoms with Gasteiger partial charge >= 0.3 is 0 Å². The second kappa shape index (κ2) is 9.64. The van der Waals surface area contributed by atoms with Gasteiger partial charge in [0.25, 0.3) is 0 Å². The predicted octanol–water partition coefficient (Wildman–Crippen LogP) is 3.51. The zero-order valence-electron chi connectivity index (χ0n) is 15.1. The molecule has 1 amide bonds. The molecule has 0 unspecified atom stereocenters. The van der Waals surface area contributed by atoms with Crippen LogP contribution in [0.4, 0.5) is 11.4 Å². The minimum Gasteiger partial charge on any atom is -0.388 e. The number of amides is 1. The summed E-state index contributed by atoms with van der Waals surface area (Å²) < 4.78 is 5.98. The molecule has 27 heavy (non-hydrogen) atoms. The van der Waals surface area contributed by atoms with Crippen molar-refractivity contribution >= 4 is 56.7 Å². The summed E-state index contributed by atoms with van der Waals surface area (Å²) in [5.41, 5.74) is 1.80. The third kappa shape index (κ3) is 5.51. The van der Waals surface area contributed by atoms with E-state index in [1.807, 2.05) is 13.0 Å². The number of hydrogen-bond donors (Lipinski definition) is 3. The van der Waals surface area contributed by atoms with Gasteiger partial charge in [0.05, 0.1) is 28.7 Å². The van der Waals surface area contributed by atoms with E-state index in [2.05, 4.69) is 36.5 Å². The van der Waals surface area contributed by atoms with Crippen molar-refractivity contribution in [3.63, 3.8) is 0 Å². The van der Waals surface area contributed by atoms with Gasteiger partial charge in [0, 0.05) is 23.8 Å². The zero-order valence-corrected chi connectivity index (χ0v) is 17.5. The van der Waals surface area contributed by atoms with Crippen LogP contribution in [-0.2, 0) is 9.53 Å². The van der Waals surface area contributed by atoms with Crippen LogP contribution in [0.2, 0.25) is 0 Å². The Balaban J connectivity index is 0.00000261. The Hall–Kier alpha value is -1.48. The number of carbonyl (C=O) groups excluding carboxylic acids is 1. The molecule has 1 saturated carbocycles. The lowest BCUT2D eigenvalue weighted by molar-refractivity contribution is -0.120. The summed E-state index contributed by atoms with van der Waals surface area (Å²) in [5, 5.41) is 16.8. The van der Waals surface area contributed by atoms with Crippen LogP contribution in [0.1, 0.15) is 32.6 Å². The number of nitrogens with one attached hydrogen (secondary N) is 2. The second-order valence-corrected chi connectivity index (χ2v) is 7.45. The van der Waals surface area contributed by atoms with Crippen molar-refractivity contribution in [1.82, 2.24) is 9.97 Å². The van der Waals surface area contributed by atoms with Crippen LogP contribution in [0.3, 0.4) is 0 Å². The number of anilines is 2. The maximum absolute atomic E-state index is 12.1. The summed E-state index contributed by atoms with van der Waals surface area (Å²) in [7, 11) is 0. The maximum Gasteiger partial charge on any atom is 0.250 e. The Kier molecular flexibility index (Phi) is 7.79. The molecule has 1 aliphatic rings. The highest BCUT2D eigenvalue weighted by atomic mass is 79.9. The lowest BCUT2D eigenvalue weighted by Crippen LogP contribution is -2.34. The van der Waals surface area contributed by atoms with Crippen LogP contribution in [-0.4, -0.2) is 46.3 Å². The first-order valence-electron chi connectivity index (χ1n) is 8.79. The average molecular weight is 460 g/mol. The van der Waals surface area contributed by atoms with Gasteiger partial charge in [-0.2, -0.15) is 0 Å². The first-order valence-corrected chi connectivity index (χ1v) is 9.58. The van der Waals surface area contributed by atoms with E-state index in [1.54, 1.807) is 12.4 Å². The molecule has 0 bridgehead atoms. The Labute approximate surface area is 172 Å². The van der Waals surface area contributed by atoms with E-state index in [0.717, 1.165) is 30.2 Å². The topological polar surface area (TPSA) is 96.4 Å². The molecule has 7 nitrogen and oxygen atoms in total. The molecule has 3 N–H and O–H groups in total. The second-order valence-electron chi connectivity index (χ2n) is 6.54. The number of carbonyl (C=O) groups is 1. The Morgan fingerprint density at radius 3 is 2.78 bits per heavy atom. The highest BCUT2D eigenvalue weighted by Gasteiger charge is 2.31. The van der Waals surface area contributed by atoms with Crippen molar-refractivity contribution in [1.29, 1.82) is 0 Å². The smallest absolute Gasteiger partial charge is 0.250 e. The van der Waals surface area contributed by atoms with Gasteiger partial charge in [-0.15, -0.1) is 12.4 Å². The lowest BCUT2D eigenvalue weighted by Gasteiger charge is -2.24. The van der Waals surface area contributed by atoms with Gasteiger partial charge in [-0.3, -0.25) is 14.8 Å². The van der Waals surface area contributed by atoms with Crippen LogP contribution >= 0.6 is 28.3 Å². The highest BCUT2D eigenvalue weighted by Crippen LogP contribution is 2.33. The molecule has 0 radical (unpaired) electrons. The molecular formula is C18H24BrClN4O3. The van der Waals surface area contributed by atoms with Gasteiger partial charge in [0.2, 0.25) is 5.91 Å². The van der Waals surface area contributed by atoms with E-state index in [9.17, 15) is 9.90 Å². The first-order chi connectivity index (χ1) is 12.5. The normalized spacial score (nSPS) is 15.4. The molecule has 1 aliphatic carbocycles. The molecule has 2 heterocycles. The molecule has 9 heteroatoms. The number of rotatable bonds is 7. The van der Waals surface area contributed by atoms with Gasteiger partial charge < -0.3 is 20.5 Å². The van der Waals surface area contributed by atoms with Gasteiger partial charge in [-0.05, 0) is 41.8 Å². The van der Waals surface area contributed by atoms with Crippen LogP contribution in [0.5, 0.6) is 0 Å². The number of hydrogen-bond acceptors (Lipinski definition) is 6. The van der Waals surface area contributed by atoms with Crippen molar-refractivity contribution in [2.45, 2.75) is 38.2 Å². The molecule has 0 atom stereocenters. The molecule has 0 aromatic carbocycles. The molecule has 2 aromatic heterocycles. The fourth-order valence-electron chi connectivity index (χ4n) is 3.16. The van der Waals surface area contributed by atoms with Crippen LogP contribution in [0.25, 0.3) is 11.0 Å². The van der Waals surface area contributed by atoms with Crippen molar-refractivity contribution < 1.29 is 14.6 Å². The molecule has 2 aromatic rings. The van der Waals surface area contributed by atoms with Gasteiger partial charge in [0.15, 0.2) is 0 Å². The minimum absolute atomic E-state index is 0. The van der Waals surface area contributed by atoms with E-state index in [4.69, 9.17) is 4.74 Å². The average Bonchev–Trinajstić information content (AvgIpc) is 3.05. The molecular weight excluding hydrogens is 436 g/mol. The Morgan fingerprint density at radius 2 is 2.07 bits per heavy atom. The molecule has 3 rings (SSSR count). The third-order valence-electron chi connectivity index (χ3n) is 4.51. The SMILES string of the molecule is CCOCC(=O)Nc1cnc2cc(Br)cnc2c1NCC1(O)CCCC1.Cl. The molecule has 0 saturated heterocycles. The number of nitrogens with zero attached hydrogens (tertiary/aromatic N) is 2. The van der Waals surface area contributed by atoms with E-state index in [-0.39, 0.29) is 24.9 Å². The number of aromatic nitrogens is 2. The predicted molar refractivity (Wildman–Crippen MR) is 112 cm³/mol. The fourth-order valence-corrected chi connectivity index (χ4v) is 3.48. The largest absolute Gasteiger partial charge is 0.388 e. The zero-order chi connectivity index (χ0) is 18.6. The number of pyridine rings is 2. The molecule has 1 fully saturated rings. The summed E-state index contributed by atoms with van der Waals surface area (Å²) in [6.45, 7) is 2.68. The van der Waals surface area contributed by atoms with Crippen molar-refractivity contribution in [3.05, 3.63) is 22.9 Å². The highest BCUT2D eigenvalue weighted by molar-refractivity contribution is 9.10. The quantitative estimate of drug-likeness (QED) is 0.586. The number of halogens is 2. The van der Waals surface area contributed by atoms with Crippen molar-refractivity contribution in [2.24, 2.45) is 0 Å². The fraction of sp³-hybridized carbons (Fsp3) is 0.500. The van der Waals surface area contributed by atoms with E-state index < -0.39 is 5.60 Å².